The lowest BCUT2D eigenvalue weighted by atomic mass is 10.2. The van der Waals surface area contributed by atoms with Crippen LogP contribution < -0.4 is 11.1 Å². The zero-order valence-corrected chi connectivity index (χ0v) is 12.3. The van der Waals surface area contributed by atoms with Gasteiger partial charge in [0.05, 0.1) is 4.90 Å². The van der Waals surface area contributed by atoms with Crippen molar-refractivity contribution in [3.63, 3.8) is 0 Å². The Kier molecular flexibility index (Phi) is 4.36. The Balaban J connectivity index is 2.40. The van der Waals surface area contributed by atoms with Gasteiger partial charge in [-0.15, -0.1) is 0 Å². The molecular weight excluding hydrogens is 298 g/mol. The van der Waals surface area contributed by atoms with E-state index in [9.17, 15) is 13.2 Å². The van der Waals surface area contributed by atoms with Crippen LogP contribution in [0.25, 0.3) is 0 Å². The van der Waals surface area contributed by atoms with Crippen LogP contribution >= 0.6 is 12.2 Å². The summed E-state index contributed by atoms with van der Waals surface area (Å²) in [6.07, 6.45) is 0.147. The number of sulfonamides is 1. The minimum absolute atomic E-state index is 0.0354. The van der Waals surface area contributed by atoms with Crippen molar-refractivity contribution in [3.05, 3.63) is 29.8 Å². The molecule has 1 aliphatic rings. The van der Waals surface area contributed by atoms with Gasteiger partial charge in [-0.2, -0.15) is 4.31 Å². The third-order valence-electron chi connectivity index (χ3n) is 3.04. The first-order valence-electron chi connectivity index (χ1n) is 6.08. The summed E-state index contributed by atoms with van der Waals surface area (Å²) in [5.41, 5.74) is 5.90. The van der Waals surface area contributed by atoms with Crippen molar-refractivity contribution in [1.82, 2.24) is 9.62 Å². The number of hydrogen-bond donors (Lipinski definition) is 2. The number of nitrogens with one attached hydrogen (secondary N) is 1. The van der Waals surface area contributed by atoms with E-state index in [1.165, 1.54) is 10.4 Å². The molecular formula is C12H15N3O3S2. The van der Waals surface area contributed by atoms with E-state index in [1.807, 2.05) is 0 Å². The zero-order valence-electron chi connectivity index (χ0n) is 10.7. The summed E-state index contributed by atoms with van der Waals surface area (Å²) in [6.45, 7) is 0.687. The Morgan fingerprint density at radius 1 is 1.30 bits per heavy atom. The first-order chi connectivity index (χ1) is 9.43. The van der Waals surface area contributed by atoms with Crippen LogP contribution in [0, 0.1) is 0 Å². The van der Waals surface area contributed by atoms with Gasteiger partial charge in [-0.05, 0) is 6.07 Å². The maximum absolute atomic E-state index is 12.6. The van der Waals surface area contributed by atoms with Crippen LogP contribution in [-0.2, 0) is 14.8 Å². The van der Waals surface area contributed by atoms with E-state index in [2.05, 4.69) is 5.32 Å². The van der Waals surface area contributed by atoms with Gasteiger partial charge >= 0.3 is 0 Å². The van der Waals surface area contributed by atoms with Crippen molar-refractivity contribution >= 4 is 33.1 Å². The van der Waals surface area contributed by atoms with Gasteiger partial charge in [0.25, 0.3) is 0 Å². The quantitative estimate of drug-likeness (QED) is 0.756. The minimum Gasteiger partial charge on any atom is -0.389 e. The number of nitrogens with zero attached hydrogens (tertiary/aromatic N) is 1. The number of carbonyl (C=O) groups is 1. The molecule has 1 saturated heterocycles. The Bertz CT molecular complexity index is 643. The highest BCUT2D eigenvalue weighted by atomic mass is 32.2. The normalized spacial score (nSPS) is 17.3. The number of thiocarbonyl (C=S) groups is 1. The third kappa shape index (κ3) is 2.97. The maximum Gasteiger partial charge on any atom is 0.243 e. The average molecular weight is 313 g/mol. The molecule has 0 aromatic heterocycles. The highest BCUT2D eigenvalue weighted by Gasteiger charge is 2.29. The van der Waals surface area contributed by atoms with E-state index in [-0.39, 0.29) is 35.3 Å². The van der Waals surface area contributed by atoms with E-state index in [4.69, 9.17) is 18.0 Å². The highest BCUT2D eigenvalue weighted by Crippen LogP contribution is 2.20. The topological polar surface area (TPSA) is 92.5 Å². The van der Waals surface area contributed by atoms with Crippen molar-refractivity contribution in [2.24, 2.45) is 5.73 Å². The smallest absolute Gasteiger partial charge is 0.243 e. The minimum atomic E-state index is -3.71. The van der Waals surface area contributed by atoms with Crippen LogP contribution in [-0.4, -0.2) is 43.3 Å². The largest absolute Gasteiger partial charge is 0.389 e. The Hall–Kier alpha value is -1.51. The van der Waals surface area contributed by atoms with E-state index in [0.29, 0.717) is 12.1 Å². The van der Waals surface area contributed by atoms with Gasteiger partial charge in [-0.3, -0.25) is 4.79 Å². The molecule has 0 aliphatic carbocycles. The van der Waals surface area contributed by atoms with Gasteiger partial charge in [-0.25, -0.2) is 8.42 Å². The van der Waals surface area contributed by atoms with Crippen LogP contribution in [0.4, 0.5) is 0 Å². The molecule has 3 N–H and O–H groups in total. The number of amides is 1. The predicted molar refractivity (Wildman–Crippen MR) is 78.7 cm³/mol. The van der Waals surface area contributed by atoms with E-state index >= 15 is 0 Å². The molecule has 0 spiro atoms. The van der Waals surface area contributed by atoms with Gasteiger partial charge in [0.1, 0.15) is 4.99 Å². The van der Waals surface area contributed by atoms with Crippen molar-refractivity contribution in [3.8, 4) is 0 Å². The second-order valence-corrected chi connectivity index (χ2v) is 6.71. The molecule has 1 aromatic rings. The predicted octanol–water partition coefficient (Wildman–Crippen LogP) is -0.169. The Morgan fingerprint density at radius 2 is 2.00 bits per heavy atom. The van der Waals surface area contributed by atoms with Crippen LogP contribution in [0.2, 0.25) is 0 Å². The lowest BCUT2D eigenvalue weighted by Gasteiger charge is -2.20. The molecule has 1 heterocycles. The van der Waals surface area contributed by atoms with Crippen molar-refractivity contribution < 1.29 is 13.2 Å². The summed E-state index contributed by atoms with van der Waals surface area (Å²) in [4.78, 5) is 11.4. The number of rotatable bonds is 3. The second kappa shape index (κ2) is 5.86. The molecule has 0 radical (unpaired) electrons. The van der Waals surface area contributed by atoms with Crippen molar-refractivity contribution in [2.75, 3.05) is 19.6 Å². The number of carbonyl (C=O) groups excluding carboxylic acids is 1. The lowest BCUT2D eigenvalue weighted by Crippen LogP contribution is -2.35. The fourth-order valence-corrected chi connectivity index (χ4v) is 3.91. The zero-order chi connectivity index (χ0) is 14.8. The molecule has 0 unspecified atom stereocenters. The van der Waals surface area contributed by atoms with Gasteiger partial charge in [0.15, 0.2) is 0 Å². The number of benzene rings is 1. The van der Waals surface area contributed by atoms with Gasteiger partial charge in [0, 0.05) is 31.6 Å². The van der Waals surface area contributed by atoms with Gasteiger partial charge < -0.3 is 11.1 Å². The molecule has 0 atom stereocenters. The van der Waals surface area contributed by atoms with Crippen molar-refractivity contribution in [1.29, 1.82) is 0 Å². The van der Waals surface area contributed by atoms with Gasteiger partial charge in [-0.1, -0.05) is 30.4 Å². The Labute approximate surface area is 123 Å². The summed E-state index contributed by atoms with van der Waals surface area (Å²) in [6, 6.07) is 6.36. The fourth-order valence-electron chi connectivity index (χ4n) is 2.02. The van der Waals surface area contributed by atoms with E-state index in [1.54, 1.807) is 18.2 Å². The molecule has 20 heavy (non-hydrogen) atoms. The van der Waals surface area contributed by atoms with Crippen LogP contribution in [0.15, 0.2) is 29.2 Å². The monoisotopic (exact) mass is 313 g/mol. The summed E-state index contributed by atoms with van der Waals surface area (Å²) >= 11 is 4.89. The summed E-state index contributed by atoms with van der Waals surface area (Å²) in [7, 11) is -3.71. The molecule has 6 nitrogen and oxygen atoms in total. The van der Waals surface area contributed by atoms with E-state index in [0.717, 1.165) is 0 Å². The fraction of sp³-hybridized carbons (Fsp3) is 0.333. The highest BCUT2D eigenvalue weighted by molar-refractivity contribution is 7.89. The summed E-state index contributed by atoms with van der Waals surface area (Å²) in [5.74, 6) is -0.148. The molecule has 2 rings (SSSR count). The first-order valence-corrected chi connectivity index (χ1v) is 7.93. The number of hydrogen-bond acceptors (Lipinski definition) is 4. The lowest BCUT2D eigenvalue weighted by molar-refractivity contribution is -0.120. The first kappa shape index (κ1) is 14.9. The molecule has 1 amide bonds. The number of nitrogens with two attached hydrogens (primary N) is 1. The maximum atomic E-state index is 12.6. The van der Waals surface area contributed by atoms with E-state index < -0.39 is 10.0 Å². The van der Waals surface area contributed by atoms with Crippen LogP contribution in [0.3, 0.4) is 0 Å². The van der Waals surface area contributed by atoms with Crippen LogP contribution in [0.5, 0.6) is 0 Å². The molecule has 0 saturated carbocycles. The summed E-state index contributed by atoms with van der Waals surface area (Å²) in [5, 5.41) is 2.64. The van der Waals surface area contributed by atoms with Gasteiger partial charge in [0.2, 0.25) is 15.9 Å². The standard InChI is InChI=1S/C12H15N3O3S2/c13-12(19)9-3-1-2-4-10(9)20(17,18)15-7-5-11(16)14-6-8-15/h1-4H,5-8H2,(H2,13,19)(H,14,16). The SMILES string of the molecule is NC(=S)c1ccccc1S(=O)(=O)N1CCNC(=O)CC1. The summed E-state index contributed by atoms with van der Waals surface area (Å²) < 4.78 is 26.6. The molecule has 8 heteroatoms. The molecule has 1 fully saturated rings. The average Bonchev–Trinajstić information content (AvgIpc) is 2.64. The van der Waals surface area contributed by atoms with Crippen molar-refractivity contribution in [2.45, 2.75) is 11.3 Å². The molecule has 108 valence electrons. The molecule has 1 aromatic carbocycles. The molecule has 0 bridgehead atoms. The molecule has 1 aliphatic heterocycles. The Morgan fingerprint density at radius 3 is 2.70 bits per heavy atom. The second-order valence-electron chi connectivity index (χ2n) is 4.36. The van der Waals surface area contributed by atoms with Crippen LogP contribution in [0.1, 0.15) is 12.0 Å². The third-order valence-corrected chi connectivity index (χ3v) is 5.22.